The van der Waals surface area contributed by atoms with Gasteiger partial charge in [-0.05, 0) is 25.7 Å². The Bertz CT molecular complexity index is 112. The van der Waals surface area contributed by atoms with E-state index in [1.807, 2.05) is 6.92 Å². The van der Waals surface area contributed by atoms with Crippen LogP contribution in [0.4, 0.5) is 0 Å². The molecule has 1 heteroatoms. The van der Waals surface area contributed by atoms with Crippen molar-refractivity contribution in [3.8, 4) is 0 Å². The van der Waals surface area contributed by atoms with Gasteiger partial charge in [0.05, 0.1) is 6.61 Å². The maximum Gasteiger partial charge on any atom is 0.0647 e. The molecule has 64 valence electrons. The van der Waals surface area contributed by atoms with Gasteiger partial charge < -0.3 is 4.74 Å². The van der Waals surface area contributed by atoms with E-state index in [9.17, 15) is 0 Å². The minimum absolute atomic E-state index is 0.799. The van der Waals surface area contributed by atoms with Crippen molar-refractivity contribution in [3.63, 3.8) is 0 Å². The summed E-state index contributed by atoms with van der Waals surface area (Å²) >= 11 is 0. The lowest BCUT2D eigenvalue weighted by molar-refractivity contribution is 0.177. The highest BCUT2D eigenvalue weighted by Crippen LogP contribution is 2.25. The maximum absolute atomic E-state index is 5.21. The summed E-state index contributed by atoms with van der Waals surface area (Å²) in [4.78, 5) is 0. The van der Waals surface area contributed by atoms with Crippen LogP contribution in [-0.2, 0) is 4.74 Å². The average molecular weight is 154 g/mol. The second-order valence-electron chi connectivity index (χ2n) is 3.13. The van der Waals surface area contributed by atoms with Crippen molar-refractivity contribution in [2.75, 3.05) is 13.2 Å². The van der Waals surface area contributed by atoms with Crippen LogP contribution in [0.3, 0.4) is 0 Å². The molecule has 1 aliphatic carbocycles. The molecule has 0 spiro atoms. The van der Waals surface area contributed by atoms with Gasteiger partial charge in [0.15, 0.2) is 0 Å². The third-order valence-corrected chi connectivity index (χ3v) is 2.23. The normalized spacial score (nSPS) is 20.1. The summed E-state index contributed by atoms with van der Waals surface area (Å²) in [6.07, 6.45) is 10.1. The van der Waals surface area contributed by atoms with Gasteiger partial charge in [0.2, 0.25) is 0 Å². The number of ether oxygens (including phenoxy) is 1. The minimum Gasteiger partial charge on any atom is -0.378 e. The first-order chi connectivity index (χ1) is 5.43. The molecule has 0 unspecified atom stereocenters. The van der Waals surface area contributed by atoms with Gasteiger partial charge in [0.1, 0.15) is 0 Å². The monoisotopic (exact) mass is 154 g/mol. The highest BCUT2D eigenvalue weighted by molar-refractivity contribution is 4.90. The topological polar surface area (TPSA) is 9.23 Å². The molecule has 0 aliphatic heterocycles. The molecule has 0 N–H and O–H groups in total. The van der Waals surface area contributed by atoms with Gasteiger partial charge in [-0.1, -0.05) is 25.0 Å². The van der Waals surface area contributed by atoms with Crippen molar-refractivity contribution in [2.24, 2.45) is 5.92 Å². The number of allylic oxidation sites excluding steroid dienone is 1. The van der Waals surface area contributed by atoms with Crippen LogP contribution in [0.5, 0.6) is 0 Å². The summed E-state index contributed by atoms with van der Waals surface area (Å²) in [5, 5.41) is 0. The lowest BCUT2D eigenvalue weighted by Crippen LogP contribution is -1.91. The van der Waals surface area contributed by atoms with Crippen LogP contribution >= 0.6 is 0 Å². The molecule has 0 heterocycles. The highest BCUT2D eigenvalue weighted by atomic mass is 16.5. The van der Waals surface area contributed by atoms with Crippen LogP contribution < -0.4 is 0 Å². The van der Waals surface area contributed by atoms with Crippen molar-refractivity contribution in [2.45, 2.75) is 32.6 Å². The van der Waals surface area contributed by atoms with E-state index >= 15 is 0 Å². The Morgan fingerprint density at radius 3 is 2.73 bits per heavy atom. The Morgan fingerprint density at radius 2 is 2.09 bits per heavy atom. The number of hydrogen-bond acceptors (Lipinski definition) is 1. The van der Waals surface area contributed by atoms with Crippen molar-refractivity contribution < 1.29 is 4.74 Å². The summed E-state index contributed by atoms with van der Waals surface area (Å²) in [5.74, 6) is 0.857. The van der Waals surface area contributed by atoms with E-state index in [-0.39, 0.29) is 0 Å². The molecule has 0 aromatic rings. The lowest BCUT2D eigenvalue weighted by atomic mass is 10.1. The Morgan fingerprint density at radius 1 is 1.36 bits per heavy atom. The van der Waals surface area contributed by atoms with E-state index in [0.717, 1.165) is 19.1 Å². The quantitative estimate of drug-likeness (QED) is 0.447. The summed E-state index contributed by atoms with van der Waals surface area (Å²) in [6.45, 7) is 3.66. The highest BCUT2D eigenvalue weighted by Gasteiger charge is 2.10. The molecule has 0 atom stereocenters. The Hall–Kier alpha value is -0.300. The Labute approximate surface area is 69.4 Å². The van der Waals surface area contributed by atoms with E-state index < -0.39 is 0 Å². The molecule has 0 aromatic heterocycles. The molecule has 0 radical (unpaired) electrons. The molecule has 11 heavy (non-hydrogen) atoms. The standard InChI is InChI=1S/C10H18O/c1-2-11-9-5-8-10-6-3-4-7-10/h5,8,10H,2-4,6-7,9H2,1H3/b8-5-. The van der Waals surface area contributed by atoms with Gasteiger partial charge in [0, 0.05) is 6.61 Å². The number of hydrogen-bond donors (Lipinski definition) is 0. The van der Waals surface area contributed by atoms with Gasteiger partial charge in [-0.15, -0.1) is 0 Å². The first-order valence-electron chi connectivity index (χ1n) is 4.68. The van der Waals surface area contributed by atoms with Gasteiger partial charge >= 0.3 is 0 Å². The smallest absolute Gasteiger partial charge is 0.0647 e. The molecule has 0 aromatic carbocycles. The fourth-order valence-electron chi connectivity index (χ4n) is 1.58. The third kappa shape index (κ3) is 3.57. The second kappa shape index (κ2) is 5.36. The zero-order chi connectivity index (χ0) is 7.94. The van der Waals surface area contributed by atoms with Crippen LogP contribution in [0.2, 0.25) is 0 Å². The molecule has 0 saturated heterocycles. The van der Waals surface area contributed by atoms with Crippen molar-refractivity contribution in [1.82, 2.24) is 0 Å². The SMILES string of the molecule is CCOC/C=C\C1CCCC1. The van der Waals surface area contributed by atoms with Crippen molar-refractivity contribution >= 4 is 0 Å². The van der Waals surface area contributed by atoms with E-state index in [2.05, 4.69) is 12.2 Å². The first-order valence-corrected chi connectivity index (χ1v) is 4.68. The van der Waals surface area contributed by atoms with Crippen LogP contribution in [0.15, 0.2) is 12.2 Å². The van der Waals surface area contributed by atoms with E-state index in [4.69, 9.17) is 4.74 Å². The van der Waals surface area contributed by atoms with E-state index in [1.165, 1.54) is 25.7 Å². The van der Waals surface area contributed by atoms with Crippen molar-refractivity contribution in [3.05, 3.63) is 12.2 Å². The fraction of sp³-hybridized carbons (Fsp3) is 0.800. The zero-order valence-corrected chi connectivity index (χ0v) is 7.38. The Kier molecular flexibility index (Phi) is 4.29. The van der Waals surface area contributed by atoms with Gasteiger partial charge in [-0.25, -0.2) is 0 Å². The first kappa shape index (κ1) is 8.79. The van der Waals surface area contributed by atoms with Crippen LogP contribution in [-0.4, -0.2) is 13.2 Å². The summed E-state index contributed by atoms with van der Waals surface area (Å²) in [6, 6.07) is 0. The van der Waals surface area contributed by atoms with E-state index in [0.29, 0.717) is 0 Å². The van der Waals surface area contributed by atoms with E-state index in [1.54, 1.807) is 0 Å². The predicted octanol–water partition coefficient (Wildman–Crippen LogP) is 2.77. The maximum atomic E-state index is 5.21. The lowest BCUT2D eigenvalue weighted by Gasteiger charge is -1.99. The molecule has 1 rings (SSSR count). The average Bonchev–Trinajstić information content (AvgIpc) is 2.50. The van der Waals surface area contributed by atoms with Crippen LogP contribution in [0.1, 0.15) is 32.6 Å². The van der Waals surface area contributed by atoms with Crippen molar-refractivity contribution in [1.29, 1.82) is 0 Å². The largest absolute Gasteiger partial charge is 0.378 e. The molecule has 0 amide bonds. The second-order valence-corrected chi connectivity index (χ2v) is 3.13. The molecule has 1 nitrogen and oxygen atoms in total. The minimum atomic E-state index is 0.799. The Balaban J connectivity index is 2.03. The van der Waals surface area contributed by atoms with Crippen LogP contribution in [0.25, 0.3) is 0 Å². The molecule has 1 fully saturated rings. The van der Waals surface area contributed by atoms with Gasteiger partial charge in [-0.3, -0.25) is 0 Å². The summed E-state index contributed by atoms with van der Waals surface area (Å²) in [5.41, 5.74) is 0. The third-order valence-electron chi connectivity index (χ3n) is 2.23. The molecular weight excluding hydrogens is 136 g/mol. The molecule has 1 aliphatic rings. The van der Waals surface area contributed by atoms with Crippen LogP contribution in [0, 0.1) is 5.92 Å². The zero-order valence-electron chi connectivity index (χ0n) is 7.38. The summed E-state index contributed by atoms with van der Waals surface area (Å²) in [7, 11) is 0. The van der Waals surface area contributed by atoms with Gasteiger partial charge in [-0.2, -0.15) is 0 Å². The van der Waals surface area contributed by atoms with Gasteiger partial charge in [0.25, 0.3) is 0 Å². The molecule has 1 saturated carbocycles. The summed E-state index contributed by atoms with van der Waals surface area (Å²) < 4.78 is 5.21. The number of rotatable bonds is 4. The molecular formula is C10H18O. The molecule has 0 bridgehead atoms. The fourth-order valence-corrected chi connectivity index (χ4v) is 1.58. The predicted molar refractivity (Wildman–Crippen MR) is 47.6 cm³/mol.